The molecule has 0 spiro atoms. The predicted molar refractivity (Wildman–Crippen MR) is 58.7 cm³/mol. The Morgan fingerprint density at radius 3 is 2.75 bits per heavy atom. The van der Waals surface area contributed by atoms with E-state index in [9.17, 15) is 4.79 Å². The van der Waals surface area contributed by atoms with Crippen molar-refractivity contribution in [2.75, 3.05) is 26.4 Å². The van der Waals surface area contributed by atoms with Gasteiger partial charge in [-0.1, -0.05) is 0 Å². The smallest absolute Gasteiger partial charge is 0.227 e. The zero-order valence-corrected chi connectivity index (χ0v) is 9.45. The van der Waals surface area contributed by atoms with E-state index in [-0.39, 0.29) is 29.9 Å². The summed E-state index contributed by atoms with van der Waals surface area (Å²) in [5.74, 6) is -0.209. The lowest BCUT2D eigenvalue weighted by atomic mass is 10.0. The fourth-order valence-corrected chi connectivity index (χ4v) is 2.18. The molecule has 1 amide bonds. The van der Waals surface area contributed by atoms with Crippen LogP contribution in [0.2, 0.25) is 0 Å². The Kier molecular flexibility index (Phi) is 3.47. The van der Waals surface area contributed by atoms with Crippen molar-refractivity contribution in [3.05, 3.63) is 0 Å². The van der Waals surface area contributed by atoms with Crippen LogP contribution in [0.5, 0.6) is 0 Å². The highest BCUT2D eigenvalue weighted by Crippen LogP contribution is 2.47. The highest BCUT2D eigenvalue weighted by atomic mass is 16.5. The van der Waals surface area contributed by atoms with Gasteiger partial charge in [-0.25, -0.2) is 0 Å². The maximum absolute atomic E-state index is 11.8. The first-order chi connectivity index (χ1) is 7.67. The van der Waals surface area contributed by atoms with E-state index in [1.165, 1.54) is 0 Å². The molecule has 0 aromatic rings. The number of hydrogen-bond donors (Lipinski definition) is 3. The number of hydrogen-bond acceptors (Lipinski definition) is 4. The summed E-state index contributed by atoms with van der Waals surface area (Å²) in [6, 6.07) is -0.173. The van der Waals surface area contributed by atoms with Crippen LogP contribution in [-0.4, -0.2) is 43.4 Å². The van der Waals surface area contributed by atoms with Gasteiger partial charge in [0, 0.05) is 19.2 Å². The molecule has 16 heavy (non-hydrogen) atoms. The Morgan fingerprint density at radius 2 is 2.25 bits per heavy atom. The van der Waals surface area contributed by atoms with Crippen molar-refractivity contribution in [2.45, 2.75) is 25.3 Å². The highest BCUT2D eigenvalue weighted by molar-refractivity contribution is 5.79. The Balaban J connectivity index is 1.75. The van der Waals surface area contributed by atoms with Crippen molar-refractivity contribution in [3.8, 4) is 0 Å². The van der Waals surface area contributed by atoms with E-state index in [0.717, 1.165) is 19.3 Å². The van der Waals surface area contributed by atoms with Crippen LogP contribution >= 0.6 is 0 Å². The second kappa shape index (κ2) is 4.69. The molecule has 1 aliphatic carbocycles. The number of carbonyl (C=O) groups excluding carboxylic acids is 1. The fraction of sp³-hybridized carbons (Fsp3) is 0.909. The number of amides is 1. The van der Waals surface area contributed by atoms with Crippen molar-refractivity contribution < 1.29 is 14.6 Å². The van der Waals surface area contributed by atoms with Crippen LogP contribution < -0.4 is 11.1 Å². The van der Waals surface area contributed by atoms with E-state index in [1.54, 1.807) is 0 Å². The summed E-state index contributed by atoms with van der Waals surface area (Å²) >= 11 is 0. The molecular formula is C11H20N2O3. The SMILES string of the molecule is NC1COCC1C(=O)NCC1(CCO)CC1. The minimum Gasteiger partial charge on any atom is -0.396 e. The maximum atomic E-state index is 11.8. The molecule has 2 rings (SSSR count). The summed E-state index contributed by atoms with van der Waals surface area (Å²) in [6.07, 6.45) is 2.97. The largest absolute Gasteiger partial charge is 0.396 e. The van der Waals surface area contributed by atoms with E-state index in [0.29, 0.717) is 19.8 Å². The third-order valence-corrected chi connectivity index (χ3v) is 3.70. The van der Waals surface area contributed by atoms with E-state index in [2.05, 4.69) is 5.32 Å². The fourth-order valence-electron chi connectivity index (χ4n) is 2.18. The molecule has 4 N–H and O–H groups in total. The summed E-state index contributed by atoms with van der Waals surface area (Å²) in [7, 11) is 0. The lowest BCUT2D eigenvalue weighted by molar-refractivity contribution is -0.125. The molecule has 5 nitrogen and oxygen atoms in total. The Hall–Kier alpha value is -0.650. The first-order valence-corrected chi connectivity index (χ1v) is 5.89. The number of nitrogens with two attached hydrogens (primary N) is 1. The number of ether oxygens (including phenoxy) is 1. The molecule has 1 saturated carbocycles. The molecule has 0 aromatic carbocycles. The van der Waals surface area contributed by atoms with Crippen LogP contribution in [0.1, 0.15) is 19.3 Å². The molecule has 2 aliphatic rings. The van der Waals surface area contributed by atoms with Gasteiger partial charge in [0.2, 0.25) is 5.91 Å². The van der Waals surface area contributed by atoms with E-state index in [1.807, 2.05) is 0 Å². The van der Waals surface area contributed by atoms with Gasteiger partial charge in [-0.15, -0.1) is 0 Å². The van der Waals surface area contributed by atoms with Gasteiger partial charge < -0.3 is 20.9 Å². The third kappa shape index (κ3) is 2.53. The molecule has 2 fully saturated rings. The van der Waals surface area contributed by atoms with Crippen molar-refractivity contribution in [2.24, 2.45) is 17.1 Å². The topological polar surface area (TPSA) is 84.6 Å². The normalized spacial score (nSPS) is 31.4. The van der Waals surface area contributed by atoms with Gasteiger partial charge in [0.05, 0.1) is 19.1 Å². The Bertz CT molecular complexity index is 266. The molecule has 1 saturated heterocycles. The first kappa shape index (κ1) is 11.8. The van der Waals surface area contributed by atoms with Crippen LogP contribution in [0.25, 0.3) is 0 Å². The van der Waals surface area contributed by atoms with Crippen LogP contribution in [-0.2, 0) is 9.53 Å². The number of nitrogens with one attached hydrogen (secondary N) is 1. The molecule has 2 atom stereocenters. The summed E-state index contributed by atoms with van der Waals surface area (Å²) in [4.78, 5) is 11.8. The van der Waals surface area contributed by atoms with Crippen molar-refractivity contribution in [3.63, 3.8) is 0 Å². The zero-order chi connectivity index (χ0) is 11.6. The monoisotopic (exact) mass is 228 g/mol. The highest BCUT2D eigenvalue weighted by Gasteiger charge is 2.42. The Labute approximate surface area is 95.3 Å². The van der Waals surface area contributed by atoms with Gasteiger partial charge >= 0.3 is 0 Å². The second-order valence-corrected chi connectivity index (χ2v) is 5.00. The quantitative estimate of drug-likeness (QED) is 0.577. The third-order valence-electron chi connectivity index (χ3n) is 3.70. The van der Waals surface area contributed by atoms with Gasteiger partial charge in [-0.3, -0.25) is 4.79 Å². The van der Waals surface area contributed by atoms with Gasteiger partial charge in [-0.2, -0.15) is 0 Å². The molecule has 1 heterocycles. The van der Waals surface area contributed by atoms with Crippen LogP contribution in [0.4, 0.5) is 0 Å². The maximum Gasteiger partial charge on any atom is 0.227 e. The zero-order valence-electron chi connectivity index (χ0n) is 9.45. The summed E-state index contributed by atoms with van der Waals surface area (Å²) in [5, 5.41) is 11.8. The second-order valence-electron chi connectivity index (χ2n) is 5.00. The van der Waals surface area contributed by atoms with Gasteiger partial charge in [0.25, 0.3) is 0 Å². The molecule has 5 heteroatoms. The van der Waals surface area contributed by atoms with E-state index in [4.69, 9.17) is 15.6 Å². The minimum absolute atomic E-state index is 0.00536. The minimum atomic E-state index is -0.204. The average Bonchev–Trinajstić information content (AvgIpc) is 2.89. The standard InChI is InChI=1S/C11H20N2O3/c12-9-6-16-5-8(9)10(15)13-7-11(1-2-11)3-4-14/h8-9,14H,1-7,12H2,(H,13,15). The van der Waals surface area contributed by atoms with Gasteiger partial charge in [0.15, 0.2) is 0 Å². The molecule has 0 bridgehead atoms. The Morgan fingerprint density at radius 1 is 1.50 bits per heavy atom. The lowest BCUT2D eigenvalue weighted by Gasteiger charge is -2.18. The van der Waals surface area contributed by atoms with Crippen LogP contribution in [0, 0.1) is 11.3 Å². The predicted octanol–water partition coefficient (Wildman–Crippen LogP) is -0.761. The van der Waals surface area contributed by atoms with Crippen LogP contribution in [0.15, 0.2) is 0 Å². The molecule has 0 radical (unpaired) electrons. The summed E-state index contributed by atoms with van der Waals surface area (Å²) in [5.41, 5.74) is 5.93. The molecule has 2 unspecified atom stereocenters. The number of aliphatic hydroxyl groups excluding tert-OH is 1. The summed E-state index contributed by atoms with van der Waals surface area (Å²) < 4.78 is 5.16. The van der Waals surface area contributed by atoms with Gasteiger partial charge in [-0.05, 0) is 24.7 Å². The number of carbonyl (C=O) groups is 1. The summed E-state index contributed by atoms with van der Waals surface area (Å²) in [6.45, 7) is 1.76. The van der Waals surface area contributed by atoms with Crippen molar-refractivity contribution in [1.29, 1.82) is 0 Å². The lowest BCUT2D eigenvalue weighted by Crippen LogP contribution is -2.42. The van der Waals surface area contributed by atoms with Crippen molar-refractivity contribution >= 4 is 5.91 Å². The van der Waals surface area contributed by atoms with Gasteiger partial charge in [0.1, 0.15) is 0 Å². The number of aliphatic hydroxyl groups is 1. The first-order valence-electron chi connectivity index (χ1n) is 5.89. The van der Waals surface area contributed by atoms with Crippen molar-refractivity contribution in [1.82, 2.24) is 5.32 Å². The van der Waals surface area contributed by atoms with E-state index < -0.39 is 0 Å². The molecule has 92 valence electrons. The molecular weight excluding hydrogens is 208 g/mol. The number of rotatable bonds is 5. The average molecular weight is 228 g/mol. The molecule has 0 aromatic heterocycles. The van der Waals surface area contributed by atoms with E-state index >= 15 is 0 Å². The van der Waals surface area contributed by atoms with Crippen LogP contribution in [0.3, 0.4) is 0 Å². The molecule has 1 aliphatic heterocycles.